The lowest BCUT2D eigenvalue weighted by Gasteiger charge is -2.12. The molecule has 0 fully saturated rings. The summed E-state index contributed by atoms with van der Waals surface area (Å²) < 4.78 is 16.3. The Morgan fingerprint density at radius 3 is 2.71 bits per heavy atom. The van der Waals surface area contributed by atoms with Crippen LogP contribution in [-0.4, -0.2) is 42.0 Å². The van der Waals surface area contributed by atoms with Crippen LogP contribution in [0.1, 0.15) is 26.7 Å². The van der Waals surface area contributed by atoms with E-state index in [1.54, 1.807) is 6.26 Å². The van der Waals surface area contributed by atoms with Gasteiger partial charge in [0.15, 0.2) is 0 Å². The summed E-state index contributed by atoms with van der Waals surface area (Å²) >= 11 is 0. The average Bonchev–Trinajstić information content (AvgIpc) is 2.10. The van der Waals surface area contributed by atoms with Crippen LogP contribution in [0.15, 0.2) is 0 Å². The summed E-state index contributed by atoms with van der Waals surface area (Å²) in [7, 11) is -0.709. The van der Waals surface area contributed by atoms with Gasteiger partial charge in [0.05, 0.1) is 6.61 Å². The van der Waals surface area contributed by atoms with E-state index >= 15 is 0 Å². The molecule has 0 aliphatic carbocycles. The van der Waals surface area contributed by atoms with Crippen LogP contribution in [0, 0.1) is 0 Å². The number of ether oxygens (including phenoxy) is 1. The summed E-state index contributed by atoms with van der Waals surface area (Å²) in [6.45, 7) is 6.66. The van der Waals surface area contributed by atoms with E-state index in [1.807, 2.05) is 6.92 Å². The normalized spacial score (nSPS) is 15.4. The summed E-state index contributed by atoms with van der Waals surface area (Å²) in [6.07, 6.45) is 4.04. The fourth-order valence-electron chi connectivity index (χ4n) is 1.14. The monoisotopic (exact) mass is 221 g/mol. The highest BCUT2D eigenvalue weighted by Gasteiger charge is 2.02. The zero-order valence-corrected chi connectivity index (χ0v) is 10.4. The quantitative estimate of drug-likeness (QED) is 0.594. The fourth-order valence-corrected chi connectivity index (χ4v) is 1.96. The minimum Gasteiger partial charge on any atom is -0.380 e. The van der Waals surface area contributed by atoms with Crippen molar-refractivity contribution in [1.29, 1.82) is 0 Å². The van der Waals surface area contributed by atoms with E-state index < -0.39 is 10.8 Å². The molecule has 0 saturated carbocycles. The van der Waals surface area contributed by atoms with Crippen LogP contribution in [0.5, 0.6) is 0 Å². The number of nitrogens with one attached hydrogen (secondary N) is 1. The van der Waals surface area contributed by atoms with E-state index in [9.17, 15) is 4.21 Å². The Hall–Kier alpha value is 0.0700. The molecule has 3 nitrogen and oxygen atoms in total. The first-order valence-corrected chi connectivity index (χ1v) is 7.00. The summed E-state index contributed by atoms with van der Waals surface area (Å²) in [5.41, 5.74) is 0. The van der Waals surface area contributed by atoms with Crippen LogP contribution in [0.2, 0.25) is 0 Å². The maximum Gasteiger partial charge on any atom is 0.0591 e. The van der Waals surface area contributed by atoms with Gasteiger partial charge >= 0.3 is 0 Å². The topological polar surface area (TPSA) is 38.3 Å². The van der Waals surface area contributed by atoms with Crippen LogP contribution in [-0.2, 0) is 15.5 Å². The molecule has 0 amide bonds. The van der Waals surface area contributed by atoms with Crippen LogP contribution in [0.3, 0.4) is 0 Å². The van der Waals surface area contributed by atoms with Crippen molar-refractivity contribution < 1.29 is 8.95 Å². The molecule has 0 aliphatic heterocycles. The third-order valence-electron chi connectivity index (χ3n) is 1.87. The number of hydrogen-bond acceptors (Lipinski definition) is 3. The zero-order valence-electron chi connectivity index (χ0n) is 9.54. The molecule has 0 spiro atoms. The maximum atomic E-state index is 10.9. The third-order valence-corrected chi connectivity index (χ3v) is 2.84. The predicted molar refractivity (Wildman–Crippen MR) is 62.1 cm³/mol. The summed E-state index contributed by atoms with van der Waals surface area (Å²) in [5.74, 6) is 0.717. The molecule has 0 aromatic heterocycles. The maximum absolute atomic E-state index is 10.9. The standard InChI is InChI=1S/C10H23NO2S/c1-4-5-7-13-8-6-11-10(2)9-14(3)12/h10-11H,4-9H2,1-3H3. The Bertz CT molecular complexity index is 153. The Kier molecular flexibility index (Phi) is 9.67. The second kappa shape index (κ2) is 9.62. The van der Waals surface area contributed by atoms with Crippen molar-refractivity contribution in [2.24, 2.45) is 0 Å². The summed E-state index contributed by atoms with van der Waals surface area (Å²) in [6, 6.07) is 0.315. The van der Waals surface area contributed by atoms with E-state index in [1.165, 1.54) is 6.42 Å². The van der Waals surface area contributed by atoms with Crippen LogP contribution < -0.4 is 5.32 Å². The van der Waals surface area contributed by atoms with E-state index in [4.69, 9.17) is 4.74 Å². The molecule has 4 heteroatoms. The number of rotatable bonds is 9. The summed E-state index contributed by atoms with van der Waals surface area (Å²) in [4.78, 5) is 0. The SMILES string of the molecule is CCCCOCCNC(C)CS(C)=O. The van der Waals surface area contributed by atoms with Crippen LogP contribution in [0.4, 0.5) is 0 Å². The molecule has 0 heterocycles. The van der Waals surface area contributed by atoms with Crippen molar-refractivity contribution in [2.45, 2.75) is 32.7 Å². The van der Waals surface area contributed by atoms with Gasteiger partial charge in [-0.3, -0.25) is 4.21 Å². The van der Waals surface area contributed by atoms with Gasteiger partial charge in [-0.15, -0.1) is 0 Å². The Balaban J connectivity index is 3.14. The van der Waals surface area contributed by atoms with Gasteiger partial charge in [0, 0.05) is 42.0 Å². The molecule has 0 saturated heterocycles. The van der Waals surface area contributed by atoms with E-state index in [0.717, 1.165) is 31.9 Å². The highest BCUT2D eigenvalue weighted by atomic mass is 32.2. The van der Waals surface area contributed by atoms with Gasteiger partial charge in [-0.25, -0.2) is 0 Å². The van der Waals surface area contributed by atoms with Gasteiger partial charge in [-0.2, -0.15) is 0 Å². The second-order valence-electron chi connectivity index (χ2n) is 3.56. The van der Waals surface area contributed by atoms with E-state index in [0.29, 0.717) is 6.04 Å². The van der Waals surface area contributed by atoms with Gasteiger partial charge in [-0.1, -0.05) is 13.3 Å². The number of unbranched alkanes of at least 4 members (excludes halogenated alkanes) is 1. The molecule has 0 rings (SSSR count). The smallest absolute Gasteiger partial charge is 0.0591 e. The molecule has 2 unspecified atom stereocenters. The van der Waals surface area contributed by atoms with Gasteiger partial charge in [0.25, 0.3) is 0 Å². The van der Waals surface area contributed by atoms with Crippen molar-refractivity contribution in [2.75, 3.05) is 31.8 Å². The highest BCUT2D eigenvalue weighted by molar-refractivity contribution is 7.84. The van der Waals surface area contributed by atoms with Crippen molar-refractivity contribution in [3.8, 4) is 0 Å². The van der Waals surface area contributed by atoms with Crippen molar-refractivity contribution in [3.05, 3.63) is 0 Å². The van der Waals surface area contributed by atoms with E-state index in [-0.39, 0.29) is 0 Å². The lowest BCUT2D eigenvalue weighted by atomic mass is 10.4. The highest BCUT2D eigenvalue weighted by Crippen LogP contribution is 1.88. The van der Waals surface area contributed by atoms with Crippen molar-refractivity contribution >= 4 is 10.8 Å². The first-order chi connectivity index (χ1) is 6.66. The first-order valence-electron chi connectivity index (χ1n) is 5.28. The molecule has 0 radical (unpaired) electrons. The largest absolute Gasteiger partial charge is 0.380 e. The molecule has 0 aromatic carbocycles. The molecular weight excluding hydrogens is 198 g/mol. The van der Waals surface area contributed by atoms with E-state index in [2.05, 4.69) is 12.2 Å². The zero-order chi connectivity index (χ0) is 10.8. The third kappa shape index (κ3) is 10.2. The second-order valence-corrected chi connectivity index (χ2v) is 5.04. The van der Waals surface area contributed by atoms with Gasteiger partial charge < -0.3 is 10.1 Å². The first kappa shape index (κ1) is 14.1. The van der Waals surface area contributed by atoms with Crippen molar-refractivity contribution in [3.63, 3.8) is 0 Å². The molecule has 0 aliphatic rings. The van der Waals surface area contributed by atoms with Gasteiger partial charge in [0.1, 0.15) is 0 Å². The predicted octanol–water partition coefficient (Wildman–Crippen LogP) is 1.16. The molecule has 14 heavy (non-hydrogen) atoms. The molecule has 0 bridgehead atoms. The Morgan fingerprint density at radius 1 is 1.43 bits per heavy atom. The Labute approximate surface area is 90.1 Å². The molecule has 0 aromatic rings. The van der Waals surface area contributed by atoms with Crippen molar-refractivity contribution in [1.82, 2.24) is 5.32 Å². The molecule has 2 atom stereocenters. The molecular formula is C10H23NO2S. The summed E-state index contributed by atoms with van der Waals surface area (Å²) in [5, 5.41) is 3.27. The Morgan fingerprint density at radius 2 is 2.14 bits per heavy atom. The average molecular weight is 221 g/mol. The minimum absolute atomic E-state index is 0.315. The lowest BCUT2D eigenvalue weighted by molar-refractivity contribution is 0.132. The molecule has 1 N–H and O–H groups in total. The molecule has 86 valence electrons. The van der Waals surface area contributed by atoms with Gasteiger partial charge in [-0.05, 0) is 13.3 Å². The minimum atomic E-state index is -0.709. The number of hydrogen-bond donors (Lipinski definition) is 1. The van der Waals surface area contributed by atoms with Crippen LogP contribution >= 0.6 is 0 Å². The van der Waals surface area contributed by atoms with Crippen LogP contribution in [0.25, 0.3) is 0 Å². The van der Waals surface area contributed by atoms with Gasteiger partial charge in [0.2, 0.25) is 0 Å². The fraction of sp³-hybridized carbons (Fsp3) is 1.00. The lowest BCUT2D eigenvalue weighted by Crippen LogP contribution is -2.33.